The molecule has 3 aromatic rings. The molecule has 0 aliphatic heterocycles. The van der Waals surface area contributed by atoms with Gasteiger partial charge in [-0.25, -0.2) is 9.31 Å². The highest BCUT2D eigenvalue weighted by atomic mass is 16.4. The molecular formula is C22H25N5O3. The Bertz CT molecular complexity index is 1030. The molecule has 8 nitrogen and oxygen atoms in total. The summed E-state index contributed by atoms with van der Waals surface area (Å²) in [5.41, 5.74) is 3.25. The standard InChI is InChI=1S/C18H17N5O3.C4H8/c24-16(13-8-9-13)21-17-20-15-3-1-2-14(23(15)22-17)12-6-4-11(5-7-12)10-19-18(25)26;1-2-4-3-1/h1-7,13,19H,8-10H2,(H,25,26)(H,21,22,24);1-4H2. The van der Waals surface area contributed by atoms with Gasteiger partial charge >= 0.3 is 6.09 Å². The van der Waals surface area contributed by atoms with Crippen LogP contribution in [0.25, 0.3) is 16.9 Å². The Hall–Kier alpha value is -3.42. The fourth-order valence-corrected chi connectivity index (χ4v) is 2.96. The zero-order valence-corrected chi connectivity index (χ0v) is 16.7. The predicted molar refractivity (Wildman–Crippen MR) is 113 cm³/mol. The maximum absolute atomic E-state index is 11.9. The molecule has 8 heteroatoms. The largest absolute Gasteiger partial charge is 0.465 e. The lowest BCUT2D eigenvalue weighted by Gasteiger charge is -2.06. The van der Waals surface area contributed by atoms with E-state index in [0.717, 1.165) is 29.7 Å². The Labute approximate surface area is 174 Å². The SMILES string of the molecule is C1CCC1.O=C(O)NCc1ccc(-c2cccc3nc(NC(=O)C4CC4)nn23)cc1. The average molecular weight is 407 g/mol. The van der Waals surface area contributed by atoms with Crippen molar-refractivity contribution in [1.29, 1.82) is 0 Å². The lowest BCUT2D eigenvalue weighted by Crippen LogP contribution is -2.19. The molecule has 2 aliphatic carbocycles. The molecule has 0 spiro atoms. The van der Waals surface area contributed by atoms with Crippen molar-refractivity contribution in [1.82, 2.24) is 19.9 Å². The summed E-state index contributed by atoms with van der Waals surface area (Å²) in [5.74, 6) is 0.363. The van der Waals surface area contributed by atoms with Crippen molar-refractivity contribution in [3.8, 4) is 11.3 Å². The van der Waals surface area contributed by atoms with Crippen LogP contribution >= 0.6 is 0 Å². The Balaban J connectivity index is 0.000000489. The molecule has 2 heterocycles. The summed E-state index contributed by atoms with van der Waals surface area (Å²) in [5, 5.41) is 18.2. The van der Waals surface area contributed by atoms with Gasteiger partial charge in [-0.2, -0.15) is 4.98 Å². The first kappa shape index (κ1) is 19.9. The molecule has 2 fully saturated rings. The number of rotatable bonds is 5. The minimum absolute atomic E-state index is 0.0299. The number of benzene rings is 1. The zero-order valence-electron chi connectivity index (χ0n) is 16.7. The monoisotopic (exact) mass is 407 g/mol. The summed E-state index contributed by atoms with van der Waals surface area (Å²) in [7, 11) is 0. The van der Waals surface area contributed by atoms with E-state index in [1.54, 1.807) is 4.52 Å². The molecule has 0 bridgehead atoms. The van der Waals surface area contributed by atoms with Gasteiger partial charge in [0.25, 0.3) is 0 Å². The van der Waals surface area contributed by atoms with Gasteiger partial charge in [0, 0.05) is 18.0 Å². The molecule has 156 valence electrons. The summed E-state index contributed by atoms with van der Waals surface area (Å²) in [6.45, 7) is 0.250. The van der Waals surface area contributed by atoms with Gasteiger partial charge in [-0.1, -0.05) is 56.0 Å². The first-order valence-corrected chi connectivity index (χ1v) is 10.3. The van der Waals surface area contributed by atoms with Gasteiger partial charge in [-0.05, 0) is 30.5 Å². The summed E-state index contributed by atoms with van der Waals surface area (Å²) in [6, 6.07) is 13.1. The number of fused-ring (bicyclic) bond motifs is 1. The van der Waals surface area contributed by atoms with E-state index in [1.165, 1.54) is 25.7 Å². The van der Waals surface area contributed by atoms with Crippen LogP contribution in [-0.2, 0) is 11.3 Å². The van der Waals surface area contributed by atoms with E-state index in [9.17, 15) is 9.59 Å². The first-order chi connectivity index (χ1) is 14.6. The minimum Gasteiger partial charge on any atom is -0.465 e. The van der Waals surface area contributed by atoms with Crippen LogP contribution in [0.4, 0.5) is 10.7 Å². The number of carbonyl (C=O) groups is 2. The highest BCUT2D eigenvalue weighted by Crippen LogP contribution is 2.30. The molecule has 1 aromatic carbocycles. The first-order valence-electron chi connectivity index (χ1n) is 10.3. The number of hydrogen-bond donors (Lipinski definition) is 3. The van der Waals surface area contributed by atoms with Gasteiger partial charge in [-0.3, -0.25) is 10.1 Å². The Morgan fingerprint density at radius 2 is 1.73 bits per heavy atom. The van der Waals surface area contributed by atoms with Crippen LogP contribution in [0.3, 0.4) is 0 Å². The van der Waals surface area contributed by atoms with Crippen molar-refractivity contribution >= 4 is 23.6 Å². The van der Waals surface area contributed by atoms with Crippen molar-refractivity contribution in [2.45, 2.75) is 45.1 Å². The average Bonchev–Trinajstić information content (AvgIpc) is 3.45. The maximum Gasteiger partial charge on any atom is 0.404 e. The molecule has 3 N–H and O–H groups in total. The number of carboxylic acid groups (broad SMARTS) is 1. The minimum atomic E-state index is -1.05. The number of aromatic nitrogens is 3. The Morgan fingerprint density at radius 1 is 1.03 bits per heavy atom. The molecule has 2 aliphatic rings. The summed E-state index contributed by atoms with van der Waals surface area (Å²) in [6.07, 6.45) is 6.79. The number of nitrogens with zero attached hydrogens (tertiary/aromatic N) is 3. The number of carbonyl (C=O) groups excluding carboxylic acids is 1. The third kappa shape index (κ3) is 4.94. The number of anilines is 1. The van der Waals surface area contributed by atoms with Crippen LogP contribution in [0.2, 0.25) is 0 Å². The quantitative estimate of drug-likeness (QED) is 0.591. The molecule has 2 aromatic heterocycles. The molecule has 0 unspecified atom stereocenters. The van der Waals surface area contributed by atoms with E-state index in [2.05, 4.69) is 20.7 Å². The molecule has 2 saturated carbocycles. The maximum atomic E-state index is 11.9. The topological polar surface area (TPSA) is 109 Å². The second-order valence-electron chi connectivity index (χ2n) is 7.65. The van der Waals surface area contributed by atoms with Crippen molar-refractivity contribution in [2.24, 2.45) is 5.92 Å². The van der Waals surface area contributed by atoms with Crippen molar-refractivity contribution < 1.29 is 14.7 Å². The fourth-order valence-electron chi connectivity index (χ4n) is 2.96. The van der Waals surface area contributed by atoms with Crippen molar-refractivity contribution in [2.75, 3.05) is 5.32 Å². The lowest BCUT2D eigenvalue weighted by molar-refractivity contribution is -0.117. The van der Waals surface area contributed by atoms with E-state index in [1.807, 2.05) is 42.5 Å². The van der Waals surface area contributed by atoms with Crippen LogP contribution in [0.1, 0.15) is 44.1 Å². The third-order valence-electron chi connectivity index (χ3n) is 5.24. The summed E-state index contributed by atoms with van der Waals surface area (Å²) < 4.78 is 1.69. The van der Waals surface area contributed by atoms with E-state index in [4.69, 9.17) is 5.11 Å². The second-order valence-corrected chi connectivity index (χ2v) is 7.65. The highest BCUT2D eigenvalue weighted by molar-refractivity contribution is 5.92. The number of hydrogen-bond acceptors (Lipinski definition) is 4. The molecule has 30 heavy (non-hydrogen) atoms. The van der Waals surface area contributed by atoms with E-state index in [0.29, 0.717) is 11.6 Å². The summed E-state index contributed by atoms with van der Waals surface area (Å²) in [4.78, 5) is 26.8. The smallest absolute Gasteiger partial charge is 0.404 e. The molecule has 0 radical (unpaired) electrons. The second kappa shape index (κ2) is 8.94. The lowest BCUT2D eigenvalue weighted by atomic mass is 10.0. The van der Waals surface area contributed by atoms with Crippen LogP contribution < -0.4 is 10.6 Å². The van der Waals surface area contributed by atoms with Crippen molar-refractivity contribution in [3.63, 3.8) is 0 Å². The van der Waals surface area contributed by atoms with Gasteiger partial charge in [0.15, 0.2) is 5.65 Å². The zero-order chi connectivity index (χ0) is 20.9. The normalized spacial score (nSPS) is 14.9. The molecule has 2 amide bonds. The summed E-state index contributed by atoms with van der Waals surface area (Å²) >= 11 is 0. The Kier molecular flexibility index (Phi) is 5.92. The number of amides is 2. The fraction of sp³-hybridized carbons (Fsp3) is 0.364. The Morgan fingerprint density at radius 3 is 2.33 bits per heavy atom. The molecular weight excluding hydrogens is 382 g/mol. The third-order valence-corrected chi connectivity index (χ3v) is 5.24. The van der Waals surface area contributed by atoms with Crippen LogP contribution in [0.15, 0.2) is 42.5 Å². The molecule has 5 rings (SSSR count). The van der Waals surface area contributed by atoms with Gasteiger partial charge in [-0.15, -0.1) is 5.10 Å². The molecule has 0 saturated heterocycles. The van der Waals surface area contributed by atoms with Gasteiger partial charge in [0.1, 0.15) is 0 Å². The predicted octanol–water partition coefficient (Wildman–Crippen LogP) is 4.07. The van der Waals surface area contributed by atoms with Crippen LogP contribution in [-0.4, -0.2) is 31.7 Å². The van der Waals surface area contributed by atoms with E-state index >= 15 is 0 Å². The number of pyridine rings is 1. The van der Waals surface area contributed by atoms with E-state index in [-0.39, 0.29) is 18.4 Å². The van der Waals surface area contributed by atoms with Crippen LogP contribution in [0, 0.1) is 5.92 Å². The van der Waals surface area contributed by atoms with Gasteiger partial charge in [0.2, 0.25) is 11.9 Å². The van der Waals surface area contributed by atoms with E-state index < -0.39 is 6.09 Å². The van der Waals surface area contributed by atoms with Gasteiger partial charge < -0.3 is 10.4 Å². The van der Waals surface area contributed by atoms with Gasteiger partial charge in [0.05, 0.1) is 5.69 Å². The van der Waals surface area contributed by atoms with Crippen LogP contribution in [0.5, 0.6) is 0 Å². The highest BCUT2D eigenvalue weighted by Gasteiger charge is 2.30. The number of nitrogens with one attached hydrogen (secondary N) is 2. The molecule has 0 atom stereocenters. The van der Waals surface area contributed by atoms with Crippen molar-refractivity contribution in [3.05, 3.63) is 48.0 Å².